The second kappa shape index (κ2) is 6.44. The van der Waals surface area contributed by atoms with Gasteiger partial charge < -0.3 is 8.92 Å². The maximum Gasteiger partial charge on any atom is 0.339 e. The predicted molar refractivity (Wildman–Crippen MR) is 98.0 cm³/mol. The van der Waals surface area contributed by atoms with Crippen LogP contribution >= 0.6 is 11.3 Å². The van der Waals surface area contributed by atoms with Crippen molar-refractivity contribution in [1.82, 2.24) is 0 Å². The second-order valence-corrected chi connectivity index (χ2v) is 7.99. The molecule has 3 aromatic rings. The lowest BCUT2D eigenvalue weighted by molar-refractivity contribution is 0.101. The number of thiophene rings is 1. The Labute approximate surface area is 154 Å². The Morgan fingerprint density at radius 3 is 2.54 bits per heavy atom. The van der Waals surface area contributed by atoms with E-state index in [1.54, 1.807) is 24.3 Å². The van der Waals surface area contributed by atoms with E-state index < -0.39 is 10.1 Å². The summed E-state index contributed by atoms with van der Waals surface area (Å²) in [6, 6.07) is 15.9. The first-order valence-corrected chi connectivity index (χ1v) is 9.93. The topological polar surface area (TPSA) is 69.7 Å². The zero-order chi connectivity index (χ0) is 18.1. The van der Waals surface area contributed by atoms with Gasteiger partial charge >= 0.3 is 10.1 Å². The average molecular weight is 384 g/mol. The Balaban J connectivity index is 1.61. The van der Waals surface area contributed by atoms with Crippen molar-refractivity contribution < 1.29 is 22.1 Å². The minimum atomic E-state index is -3.95. The molecule has 0 radical (unpaired) electrons. The number of Topliss-reactive ketones (excluding diaryl/α,β-unsaturated/α-hetero) is 1. The molecule has 0 atom stereocenters. The van der Waals surface area contributed by atoms with Gasteiger partial charge in [-0.3, -0.25) is 4.79 Å². The summed E-state index contributed by atoms with van der Waals surface area (Å²) in [6.07, 6.45) is 1.66. The lowest BCUT2D eigenvalue weighted by atomic mass is 10.1. The Morgan fingerprint density at radius 1 is 1.00 bits per heavy atom. The highest BCUT2D eigenvalue weighted by atomic mass is 32.2. The van der Waals surface area contributed by atoms with E-state index >= 15 is 0 Å². The molecule has 2 aromatic carbocycles. The normalized spacial score (nSPS) is 14.9. The Hall–Kier alpha value is -2.90. The summed E-state index contributed by atoms with van der Waals surface area (Å²) in [7, 11) is -3.95. The molecule has 0 bridgehead atoms. The van der Waals surface area contributed by atoms with Gasteiger partial charge in [-0.2, -0.15) is 8.42 Å². The molecule has 4 rings (SSSR count). The zero-order valence-electron chi connectivity index (χ0n) is 13.3. The van der Waals surface area contributed by atoms with Gasteiger partial charge in [0.2, 0.25) is 5.78 Å². The van der Waals surface area contributed by atoms with Gasteiger partial charge in [-0.1, -0.05) is 24.3 Å². The third kappa shape index (κ3) is 3.14. The summed E-state index contributed by atoms with van der Waals surface area (Å²) in [5.74, 6) is 0.313. The summed E-state index contributed by atoms with van der Waals surface area (Å²) in [6.45, 7) is 0. The van der Waals surface area contributed by atoms with Crippen molar-refractivity contribution in [2.24, 2.45) is 0 Å². The molecule has 7 heteroatoms. The van der Waals surface area contributed by atoms with Crippen LogP contribution in [0.25, 0.3) is 6.08 Å². The summed E-state index contributed by atoms with van der Waals surface area (Å²) in [4.78, 5) is 13.3. The number of hydrogen-bond acceptors (Lipinski definition) is 6. The van der Waals surface area contributed by atoms with Gasteiger partial charge in [0.05, 0.1) is 5.56 Å². The van der Waals surface area contributed by atoms with Gasteiger partial charge in [-0.05, 0) is 35.7 Å². The molecule has 0 spiro atoms. The van der Waals surface area contributed by atoms with Crippen LogP contribution in [0.2, 0.25) is 0 Å². The van der Waals surface area contributed by atoms with Crippen LogP contribution in [-0.2, 0) is 10.1 Å². The van der Waals surface area contributed by atoms with E-state index in [2.05, 4.69) is 0 Å². The van der Waals surface area contributed by atoms with Gasteiger partial charge in [-0.25, -0.2) is 0 Å². The van der Waals surface area contributed by atoms with E-state index in [9.17, 15) is 13.2 Å². The number of benzene rings is 2. The number of rotatable bonds is 4. The smallest absolute Gasteiger partial charge is 0.339 e. The molecular formula is C19H12O5S2. The van der Waals surface area contributed by atoms with Crippen LogP contribution in [0.15, 0.2) is 76.7 Å². The lowest BCUT2D eigenvalue weighted by Gasteiger charge is -2.07. The molecule has 5 nitrogen and oxygen atoms in total. The number of ketones is 1. The molecule has 130 valence electrons. The zero-order valence-corrected chi connectivity index (χ0v) is 14.9. The molecule has 0 saturated carbocycles. The van der Waals surface area contributed by atoms with E-state index in [4.69, 9.17) is 8.92 Å². The van der Waals surface area contributed by atoms with Crippen LogP contribution in [0.4, 0.5) is 0 Å². The van der Waals surface area contributed by atoms with Crippen molar-refractivity contribution in [3.05, 3.63) is 82.2 Å². The average Bonchev–Trinajstić information content (AvgIpc) is 3.24. The fourth-order valence-corrected chi connectivity index (χ4v) is 4.07. The molecule has 0 saturated heterocycles. The molecule has 0 unspecified atom stereocenters. The number of carbonyl (C=O) groups excluding carboxylic acids is 1. The van der Waals surface area contributed by atoms with Crippen molar-refractivity contribution in [3.63, 3.8) is 0 Å². The highest BCUT2D eigenvalue weighted by Crippen LogP contribution is 2.36. The molecule has 0 aliphatic carbocycles. The monoisotopic (exact) mass is 384 g/mol. The van der Waals surface area contributed by atoms with Crippen LogP contribution in [0, 0.1) is 0 Å². The largest absolute Gasteiger partial charge is 0.452 e. The van der Waals surface area contributed by atoms with Crippen molar-refractivity contribution >= 4 is 33.3 Å². The molecule has 0 fully saturated rings. The second-order valence-electron chi connectivity index (χ2n) is 5.46. The van der Waals surface area contributed by atoms with E-state index in [1.807, 2.05) is 17.5 Å². The Bertz CT molecular complexity index is 1100. The van der Waals surface area contributed by atoms with Crippen LogP contribution < -0.4 is 8.92 Å². The van der Waals surface area contributed by atoms with Gasteiger partial charge in [0.25, 0.3) is 0 Å². The summed E-state index contributed by atoms with van der Waals surface area (Å²) >= 11 is 1.49. The van der Waals surface area contributed by atoms with Crippen LogP contribution in [0.5, 0.6) is 11.5 Å². The third-order valence-electron chi connectivity index (χ3n) is 3.70. The number of fused-ring (bicyclic) bond motifs is 1. The molecule has 0 amide bonds. The first-order chi connectivity index (χ1) is 12.5. The number of allylic oxidation sites excluding steroid dienone is 1. The lowest BCUT2D eigenvalue weighted by Crippen LogP contribution is -2.09. The number of carbonyl (C=O) groups is 1. The van der Waals surface area contributed by atoms with Gasteiger partial charge in [0.15, 0.2) is 5.76 Å². The maximum absolute atomic E-state index is 12.4. The van der Waals surface area contributed by atoms with Gasteiger partial charge in [-0.15, -0.1) is 11.3 Å². The Morgan fingerprint density at radius 2 is 1.81 bits per heavy atom. The molecule has 1 aliphatic rings. The van der Waals surface area contributed by atoms with Gasteiger partial charge in [0, 0.05) is 17.0 Å². The number of hydrogen-bond donors (Lipinski definition) is 0. The van der Waals surface area contributed by atoms with Crippen LogP contribution in [0.1, 0.15) is 15.2 Å². The Kier molecular flexibility index (Phi) is 4.10. The summed E-state index contributed by atoms with van der Waals surface area (Å²) in [5, 5.41) is 1.90. The third-order valence-corrected chi connectivity index (χ3v) is 5.78. The molecule has 0 N–H and O–H groups in total. The minimum absolute atomic E-state index is 0.0516. The molecule has 26 heavy (non-hydrogen) atoms. The molecule has 1 aromatic heterocycles. The first kappa shape index (κ1) is 16.6. The van der Waals surface area contributed by atoms with E-state index in [0.29, 0.717) is 5.56 Å². The summed E-state index contributed by atoms with van der Waals surface area (Å²) in [5.41, 5.74) is 0.372. The van der Waals surface area contributed by atoms with Gasteiger partial charge in [0.1, 0.15) is 16.4 Å². The van der Waals surface area contributed by atoms with Crippen LogP contribution in [-0.4, -0.2) is 14.2 Å². The van der Waals surface area contributed by atoms with Crippen molar-refractivity contribution in [1.29, 1.82) is 0 Å². The van der Waals surface area contributed by atoms with Crippen molar-refractivity contribution in [2.75, 3.05) is 0 Å². The number of ether oxygens (including phenoxy) is 1. The quantitative estimate of drug-likeness (QED) is 0.500. The van der Waals surface area contributed by atoms with E-state index in [0.717, 1.165) is 4.88 Å². The predicted octanol–water partition coefficient (Wildman–Crippen LogP) is 4.13. The molecule has 1 aliphatic heterocycles. The first-order valence-electron chi connectivity index (χ1n) is 7.64. The fraction of sp³-hybridized carbons (Fsp3) is 0. The molecule has 2 heterocycles. The van der Waals surface area contributed by atoms with Crippen LogP contribution in [0.3, 0.4) is 0 Å². The fourth-order valence-electron chi connectivity index (χ4n) is 2.48. The minimum Gasteiger partial charge on any atom is -0.452 e. The highest BCUT2D eigenvalue weighted by Gasteiger charge is 2.28. The molecular weight excluding hydrogens is 372 g/mol. The van der Waals surface area contributed by atoms with Crippen molar-refractivity contribution in [2.45, 2.75) is 4.90 Å². The summed E-state index contributed by atoms with van der Waals surface area (Å²) < 4.78 is 35.4. The standard InChI is InChI=1S/C19H12O5S2/c20-19-16-9-8-13(24-26(21,22)15-6-2-1-3-7-15)11-17(16)23-18(19)12-14-5-4-10-25-14/h1-12H. The maximum atomic E-state index is 12.4. The SMILES string of the molecule is O=C1C(=Cc2cccs2)Oc2cc(OS(=O)(=O)c3ccccc3)ccc21. The highest BCUT2D eigenvalue weighted by molar-refractivity contribution is 7.87. The van der Waals surface area contributed by atoms with E-state index in [-0.39, 0.29) is 27.9 Å². The van der Waals surface area contributed by atoms with Crippen molar-refractivity contribution in [3.8, 4) is 11.5 Å². The van der Waals surface area contributed by atoms with E-state index in [1.165, 1.54) is 41.7 Å².